The quantitative estimate of drug-likeness (QED) is 0.272. The number of nitrogens with zero attached hydrogens (tertiary/aromatic N) is 3. The standard InChI is InChI=1S/C25H24N4O6S/c1-15-21(24-27-20(28-35-24)14-36(33)13-17-8-5-4-6-9-17)23(22(16(2)26-15)25(30)34-3)18-10-7-11-19(12-18)29(31)32/h4-12,23,26H,13-14H2,1-3H3. The van der Waals surface area contributed by atoms with Crippen molar-refractivity contribution in [2.75, 3.05) is 7.11 Å². The van der Waals surface area contributed by atoms with E-state index in [0.717, 1.165) is 5.56 Å². The first-order chi connectivity index (χ1) is 17.3. The number of aromatic nitrogens is 2. The van der Waals surface area contributed by atoms with Crippen molar-refractivity contribution in [3.05, 3.63) is 105 Å². The molecule has 11 heteroatoms. The van der Waals surface area contributed by atoms with Crippen LogP contribution in [0.4, 0.5) is 5.69 Å². The summed E-state index contributed by atoms with van der Waals surface area (Å²) in [6.45, 7) is 3.51. The summed E-state index contributed by atoms with van der Waals surface area (Å²) in [7, 11) is -0.00332. The second kappa shape index (κ2) is 10.6. The summed E-state index contributed by atoms with van der Waals surface area (Å²) < 4.78 is 23.2. The minimum atomic E-state index is -1.27. The summed E-state index contributed by atoms with van der Waals surface area (Å²) in [5.41, 5.74) is 3.24. The molecule has 0 aliphatic carbocycles. The highest BCUT2D eigenvalue weighted by molar-refractivity contribution is 7.83. The second-order valence-corrected chi connectivity index (χ2v) is 9.67. The first-order valence-electron chi connectivity index (χ1n) is 11.0. The van der Waals surface area contributed by atoms with Gasteiger partial charge in [0.1, 0.15) is 0 Å². The number of benzene rings is 2. The highest BCUT2D eigenvalue weighted by Gasteiger charge is 2.37. The van der Waals surface area contributed by atoms with Gasteiger partial charge in [-0.1, -0.05) is 47.6 Å². The van der Waals surface area contributed by atoms with Crippen LogP contribution in [-0.4, -0.2) is 32.4 Å². The molecule has 186 valence electrons. The molecule has 2 aromatic carbocycles. The Morgan fingerprint density at radius 1 is 1.14 bits per heavy atom. The number of rotatable bonds is 8. The third kappa shape index (κ3) is 5.25. The normalized spacial score (nSPS) is 16.5. The molecule has 2 unspecified atom stereocenters. The van der Waals surface area contributed by atoms with E-state index in [1.54, 1.807) is 26.0 Å². The molecule has 2 heterocycles. The largest absolute Gasteiger partial charge is 0.466 e. The van der Waals surface area contributed by atoms with Crippen molar-refractivity contribution in [3.8, 4) is 0 Å². The van der Waals surface area contributed by atoms with Crippen LogP contribution in [0.3, 0.4) is 0 Å². The summed E-state index contributed by atoms with van der Waals surface area (Å²) in [6, 6.07) is 15.5. The van der Waals surface area contributed by atoms with Crippen molar-refractivity contribution in [1.29, 1.82) is 0 Å². The lowest BCUT2D eigenvalue weighted by molar-refractivity contribution is -0.384. The molecule has 0 saturated heterocycles. The number of hydrogen-bond acceptors (Lipinski definition) is 9. The van der Waals surface area contributed by atoms with Crippen LogP contribution in [0.25, 0.3) is 5.57 Å². The molecule has 0 saturated carbocycles. The van der Waals surface area contributed by atoms with Crippen LogP contribution in [0.5, 0.6) is 0 Å². The molecule has 36 heavy (non-hydrogen) atoms. The van der Waals surface area contributed by atoms with Gasteiger partial charge in [-0.3, -0.25) is 14.3 Å². The van der Waals surface area contributed by atoms with Gasteiger partial charge in [0.25, 0.3) is 11.6 Å². The first-order valence-corrected chi connectivity index (χ1v) is 12.5. The Labute approximate surface area is 209 Å². The Bertz CT molecular complexity index is 1400. The number of carbonyl (C=O) groups is 1. The molecule has 1 N–H and O–H groups in total. The third-order valence-electron chi connectivity index (χ3n) is 5.74. The predicted molar refractivity (Wildman–Crippen MR) is 133 cm³/mol. The number of ether oxygens (including phenoxy) is 1. The molecule has 2 atom stereocenters. The number of allylic oxidation sites excluding steroid dienone is 3. The van der Waals surface area contributed by atoms with Crippen molar-refractivity contribution in [1.82, 2.24) is 15.5 Å². The van der Waals surface area contributed by atoms with Crippen molar-refractivity contribution in [2.45, 2.75) is 31.3 Å². The van der Waals surface area contributed by atoms with Crippen LogP contribution in [0.2, 0.25) is 0 Å². The molecular weight excluding hydrogens is 484 g/mol. The molecule has 4 rings (SSSR count). The first kappa shape index (κ1) is 25.0. The number of methoxy groups -OCH3 is 1. The van der Waals surface area contributed by atoms with E-state index in [-0.39, 0.29) is 28.7 Å². The van der Waals surface area contributed by atoms with Gasteiger partial charge in [-0.25, -0.2) is 4.79 Å². The summed E-state index contributed by atoms with van der Waals surface area (Å²) in [4.78, 5) is 28.2. The van der Waals surface area contributed by atoms with Crippen molar-refractivity contribution in [3.63, 3.8) is 0 Å². The van der Waals surface area contributed by atoms with E-state index in [9.17, 15) is 19.1 Å². The number of non-ortho nitro benzene ring substituents is 1. The number of dihydropyridines is 1. The zero-order valence-electron chi connectivity index (χ0n) is 19.9. The van der Waals surface area contributed by atoms with Crippen LogP contribution in [0.15, 0.2) is 76.1 Å². The Kier molecular flexibility index (Phi) is 7.39. The smallest absolute Gasteiger partial charge is 0.336 e. The molecule has 1 aliphatic rings. The van der Waals surface area contributed by atoms with Gasteiger partial charge >= 0.3 is 5.97 Å². The van der Waals surface area contributed by atoms with E-state index in [2.05, 4.69) is 15.5 Å². The molecule has 0 amide bonds. The van der Waals surface area contributed by atoms with Crippen LogP contribution in [0, 0.1) is 10.1 Å². The van der Waals surface area contributed by atoms with Gasteiger partial charge in [-0.15, -0.1) is 0 Å². The lowest BCUT2D eigenvalue weighted by Crippen LogP contribution is -2.28. The maximum Gasteiger partial charge on any atom is 0.336 e. The van der Waals surface area contributed by atoms with Crippen molar-refractivity contribution < 1.29 is 23.2 Å². The van der Waals surface area contributed by atoms with E-state index in [0.29, 0.717) is 28.3 Å². The number of nitrogens with one attached hydrogen (secondary N) is 1. The number of nitro benzene ring substituents is 1. The van der Waals surface area contributed by atoms with Crippen LogP contribution in [0.1, 0.15) is 42.6 Å². The maximum absolute atomic E-state index is 12.8. The molecular formula is C25H24N4O6S. The van der Waals surface area contributed by atoms with E-state index >= 15 is 0 Å². The van der Waals surface area contributed by atoms with Gasteiger partial charge in [-0.2, -0.15) is 4.98 Å². The summed E-state index contributed by atoms with van der Waals surface area (Å²) >= 11 is 0. The van der Waals surface area contributed by atoms with E-state index < -0.39 is 27.6 Å². The maximum atomic E-state index is 12.8. The molecule has 0 fully saturated rings. The molecule has 0 bridgehead atoms. The van der Waals surface area contributed by atoms with Gasteiger partial charge in [0.2, 0.25) is 0 Å². The summed E-state index contributed by atoms with van der Waals surface area (Å²) in [6.07, 6.45) is 0. The molecule has 3 aromatic rings. The minimum Gasteiger partial charge on any atom is -0.466 e. The number of esters is 1. The monoisotopic (exact) mass is 508 g/mol. The lowest BCUT2D eigenvalue weighted by Gasteiger charge is -2.29. The zero-order chi connectivity index (χ0) is 25.8. The zero-order valence-corrected chi connectivity index (χ0v) is 20.7. The fraction of sp³-hybridized carbons (Fsp3) is 0.240. The lowest BCUT2D eigenvalue weighted by atomic mass is 9.80. The Hall–Kier alpha value is -4.12. The summed E-state index contributed by atoms with van der Waals surface area (Å²) in [5, 5.41) is 18.6. The number of carbonyl (C=O) groups excluding carboxylic acids is 1. The van der Waals surface area contributed by atoms with E-state index in [1.165, 1.54) is 19.2 Å². The number of hydrogen-bond donors (Lipinski definition) is 1. The predicted octanol–water partition coefficient (Wildman–Crippen LogP) is 3.99. The van der Waals surface area contributed by atoms with Crippen molar-refractivity contribution in [2.24, 2.45) is 0 Å². The fourth-order valence-corrected chi connectivity index (χ4v) is 5.26. The van der Waals surface area contributed by atoms with Crippen LogP contribution in [-0.2, 0) is 31.8 Å². The van der Waals surface area contributed by atoms with Gasteiger partial charge in [0.15, 0.2) is 5.82 Å². The Morgan fingerprint density at radius 3 is 2.58 bits per heavy atom. The summed E-state index contributed by atoms with van der Waals surface area (Å²) in [5.74, 6) is -0.552. The van der Waals surface area contributed by atoms with Gasteiger partial charge in [-0.05, 0) is 25.0 Å². The minimum absolute atomic E-state index is 0.0817. The highest BCUT2D eigenvalue weighted by atomic mass is 32.2. The average Bonchev–Trinajstić information content (AvgIpc) is 3.31. The van der Waals surface area contributed by atoms with Crippen LogP contribution < -0.4 is 5.32 Å². The molecule has 10 nitrogen and oxygen atoms in total. The van der Waals surface area contributed by atoms with Gasteiger partial charge < -0.3 is 14.6 Å². The highest BCUT2D eigenvalue weighted by Crippen LogP contribution is 2.43. The average molecular weight is 509 g/mol. The SMILES string of the molecule is COC(=O)C1=C(C)NC(C)=C(c2nc(CS(=O)Cc3ccccc3)no2)C1c1cccc([N+](=O)[O-])c1. The van der Waals surface area contributed by atoms with E-state index in [4.69, 9.17) is 9.26 Å². The topological polar surface area (TPSA) is 137 Å². The molecule has 1 aliphatic heterocycles. The van der Waals surface area contributed by atoms with Crippen molar-refractivity contribution >= 4 is 28.0 Å². The van der Waals surface area contributed by atoms with Gasteiger partial charge in [0.05, 0.1) is 29.3 Å². The Balaban J connectivity index is 1.71. The van der Waals surface area contributed by atoms with Gasteiger partial charge in [0, 0.05) is 45.7 Å². The van der Waals surface area contributed by atoms with Crippen LogP contribution >= 0.6 is 0 Å². The third-order valence-corrected chi connectivity index (χ3v) is 6.97. The molecule has 0 radical (unpaired) electrons. The number of nitro groups is 1. The fourth-order valence-electron chi connectivity index (χ4n) is 4.19. The molecule has 1 aromatic heterocycles. The Morgan fingerprint density at radius 2 is 1.89 bits per heavy atom. The van der Waals surface area contributed by atoms with E-state index in [1.807, 2.05) is 30.3 Å². The molecule has 0 spiro atoms. The second-order valence-electron chi connectivity index (χ2n) is 8.21.